The maximum absolute atomic E-state index is 12.7. The van der Waals surface area contributed by atoms with Crippen molar-refractivity contribution < 1.29 is 9.53 Å². The number of hydrogen-bond donors (Lipinski definition) is 0. The number of aliphatic imine (C=N–C) groups is 2. The van der Waals surface area contributed by atoms with Crippen LogP contribution < -0.4 is 4.74 Å². The average molecular weight is 402 g/mol. The number of ether oxygens (including phenoxy) is 1. The summed E-state index contributed by atoms with van der Waals surface area (Å²) in [6.07, 6.45) is 4.16. The molecule has 1 amide bonds. The molecule has 1 atom stereocenters. The Morgan fingerprint density at radius 2 is 2.04 bits per heavy atom. The molecule has 0 unspecified atom stereocenters. The topological polar surface area (TPSA) is 60.7 Å². The number of rotatable bonds is 3. The Kier molecular flexibility index (Phi) is 5.26. The number of hydrogen-bond acceptors (Lipinski definition) is 6. The maximum atomic E-state index is 12.7. The summed E-state index contributed by atoms with van der Waals surface area (Å²) in [5, 5.41) is 0.525. The molecule has 0 N–H and O–H groups in total. The van der Waals surface area contributed by atoms with Crippen molar-refractivity contribution in [1.29, 1.82) is 0 Å². The Balaban J connectivity index is 1.35. The molecule has 1 fully saturated rings. The first-order valence-corrected chi connectivity index (χ1v) is 9.87. The smallest absolute Gasteiger partial charge is 0.227 e. The van der Waals surface area contributed by atoms with Crippen LogP contribution in [0.15, 0.2) is 40.6 Å². The van der Waals surface area contributed by atoms with Crippen LogP contribution in [0, 0.1) is 0 Å². The molecule has 3 aliphatic heterocycles. The molecule has 0 spiro atoms. The molecule has 0 aromatic heterocycles. The van der Waals surface area contributed by atoms with Crippen LogP contribution in [0.25, 0.3) is 0 Å². The highest BCUT2D eigenvalue weighted by Gasteiger charge is 2.32. The second-order valence-electron chi connectivity index (χ2n) is 7.18. The number of carbonyl (C=O) groups excluding carboxylic acids is 1. The van der Waals surface area contributed by atoms with Crippen molar-refractivity contribution >= 4 is 29.2 Å². The van der Waals surface area contributed by atoms with E-state index in [0.29, 0.717) is 36.3 Å². The van der Waals surface area contributed by atoms with Crippen LogP contribution in [0.2, 0.25) is 5.02 Å². The van der Waals surface area contributed by atoms with Crippen molar-refractivity contribution in [2.75, 3.05) is 39.8 Å². The lowest BCUT2D eigenvalue weighted by Gasteiger charge is -2.38. The Hall–Kier alpha value is -2.54. The van der Waals surface area contributed by atoms with Gasteiger partial charge in [0.15, 0.2) is 11.7 Å². The van der Waals surface area contributed by atoms with E-state index >= 15 is 0 Å². The van der Waals surface area contributed by atoms with Gasteiger partial charge in [0, 0.05) is 38.6 Å². The molecular weight excluding hydrogens is 378 g/mol. The van der Waals surface area contributed by atoms with E-state index in [1.165, 1.54) is 0 Å². The number of methoxy groups -OCH3 is 1. The monoisotopic (exact) mass is 401 g/mol. The van der Waals surface area contributed by atoms with Gasteiger partial charge in [-0.3, -0.25) is 9.79 Å². The molecule has 4 rings (SSSR count). The normalized spacial score (nSPS) is 21.4. The zero-order valence-corrected chi connectivity index (χ0v) is 16.9. The van der Waals surface area contributed by atoms with Crippen molar-refractivity contribution in [3.05, 3.63) is 41.2 Å². The number of piperazine rings is 1. The van der Waals surface area contributed by atoms with Gasteiger partial charge < -0.3 is 19.4 Å². The fraction of sp³-hybridized carbons (Fsp3) is 0.450. The van der Waals surface area contributed by atoms with Gasteiger partial charge >= 0.3 is 0 Å². The van der Waals surface area contributed by atoms with Crippen molar-refractivity contribution in [2.45, 2.75) is 19.4 Å². The average Bonchev–Trinajstić information content (AvgIpc) is 3.09. The number of fused-ring (bicyclic) bond motifs is 1. The minimum absolute atomic E-state index is 0.111. The highest BCUT2D eigenvalue weighted by atomic mass is 35.5. The van der Waals surface area contributed by atoms with Crippen LogP contribution in [-0.2, 0) is 11.2 Å². The third-order valence-electron chi connectivity index (χ3n) is 5.35. The standard InChI is InChI=1S/C20H24ClN5O2/c1-14-13-23-20-19(22-5-6-26(14)20)25-9-7-24(8-10-25)18(27)12-15-3-4-17(28-2)16(21)11-15/h3-6,11,14H,7-10,12-13H2,1-2H3/t14-/m1/s1. The van der Waals surface area contributed by atoms with Gasteiger partial charge in [-0.05, 0) is 24.6 Å². The molecule has 0 radical (unpaired) electrons. The predicted molar refractivity (Wildman–Crippen MR) is 110 cm³/mol. The molecule has 28 heavy (non-hydrogen) atoms. The van der Waals surface area contributed by atoms with Gasteiger partial charge in [0.1, 0.15) is 5.75 Å². The number of carbonyl (C=O) groups is 1. The second kappa shape index (κ2) is 7.83. The Morgan fingerprint density at radius 1 is 1.25 bits per heavy atom. The third kappa shape index (κ3) is 3.58. The number of amides is 1. The first-order chi connectivity index (χ1) is 13.6. The summed E-state index contributed by atoms with van der Waals surface area (Å²) in [5.41, 5.74) is 0.893. The molecular formula is C20H24ClN5O2. The van der Waals surface area contributed by atoms with Crippen LogP contribution >= 0.6 is 11.6 Å². The number of halogens is 1. The highest BCUT2D eigenvalue weighted by Crippen LogP contribution is 2.25. The Labute approximate surface area is 169 Å². The van der Waals surface area contributed by atoms with Gasteiger partial charge in [0.05, 0.1) is 31.1 Å². The first-order valence-electron chi connectivity index (χ1n) is 9.49. The van der Waals surface area contributed by atoms with E-state index in [4.69, 9.17) is 16.3 Å². The van der Waals surface area contributed by atoms with Crippen LogP contribution in [0.4, 0.5) is 0 Å². The molecule has 0 aliphatic carbocycles. The van der Waals surface area contributed by atoms with Crippen molar-refractivity contribution in [1.82, 2.24) is 14.7 Å². The van der Waals surface area contributed by atoms with Crippen molar-refractivity contribution in [2.24, 2.45) is 9.98 Å². The van der Waals surface area contributed by atoms with Crippen LogP contribution in [0.1, 0.15) is 12.5 Å². The lowest BCUT2D eigenvalue weighted by molar-refractivity contribution is -0.131. The predicted octanol–water partition coefficient (Wildman–Crippen LogP) is 2.02. The zero-order chi connectivity index (χ0) is 19.7. The number of benzene rings is 1. The van der Waals surface area contributed by atoms with E-state index in [9.17, 15) is 4.79 Å². The van der Waals surface area contributed by atoms with Gasteiger partial charge in [-0.1, -0.05) is 17.7 Å². The van der Waals surface area contributed by atoms with Gasteiger partial charge in [0.2, 0.25) is 5.91 Å². The van der Waals surface area contributed by atoms with E-state index in [1.54, 1.807) is 19.2 Å². The van der Waals surface area contributed by atoms with Crippen molar-refractivity contribution in [3.8, 4) is 5.75 Å². The Morgan fingerprint density at radius 3 is 2.75 bits per heavy atom. The van der Waals surface area contributed by atoms with Crippen LogP contribution in [0.3, 0.4) is 0 Å². The first kappa shape index (κ1) is 18.8. The third-order valence-corrected chi connectivity index (χ3v) is 5.65. The summed E-state index contributed by atoms with van der Waals surface area (Å²) in [5.74, 6) is 2.59. The van der Waals surface area contributed by atoms with E-state index in [0.717, 1.165) is 36.9 Å². The van der Waals surface area contributed by atoms with Crippen LogP contribution in [-0.4, -0.2) is 78.2 Å². The molecule has 148 valence electrons. The zero-order valence-electron chi connectivity index (χ0n) is 16.1. The highest BCUT2D eigenvalue weighted by molar-refractivity contribution is 6.41. The molecule has 0 saturated carbocycles. The summed E-state index contributed by atoms with van der Waals surface area (Å²) >= 11 is 6.17. The SMILES string of the molecule is COc1ccc(CC(=O)N2CCN(C3=NC=CN4C3=NC[C@H]4C)CC2)cc1Cl. The maximum Gasteiger partial charge on any atom is 0.227 e. The number of amidine groups is 2. The fourth-order valence-corrected chi connectivity index (χ4v) is 4.01. The molecule has 1 saturated heterocycles. The molecule has 3 heterocycles. The summed E-state index contributed by atoms with van der Waals surface area (Å²) < 4.78 is 5.17. The molecule has 8 heteroatoms. The lowest BCUT2D eigenvalue weighted by atomic mass is 10.1. The van der Waals surface area contributed by atoms with E-state index in [1.807, 2.05) is 23.4 Å². The summed E-state index contributed by atoms with van der Waals surface area (Å²) in [4.78, 5) is 28.2. The Bertz CT molecular complexity index is 858. The molecule has 3 aliphatic rings. The second-order valence-corrected chi connectivity index (χ2v) is 7.59. The fourth-order valence-electron chi connectivity index (χ4n) is 3.73. The molecule has 1 aromatic carbocycles. The van der Waals surface area contributed by atoms with Crippen molar-refractivity contribution in [3.63, 3.8) is 0 Å². The minimum Gasteiger partial charge on any atom is -0.495 e. The molecule has 7 nitrogen and oxygen atoms in total. The quantitative estimate of drug-likeness (QED) is 0.777. The van der Waals surface area contributed by atoms with Gasteiger partial charge in [-0.25, -0.2) is 4.99 Å². The van der Waals surface area contributed by atoms with E-state index in [-0.39, 0.29) is 5.91 Å². The summed E-state index contributed by atoms with van der Waals surface area (Å²) in [6.45, 7) is 5.81. The lowest BCUT2D eigenvalue weighted by Crippen LogP contribution is -2.54. The van der Waals surface area contributed by atoms with Gasteiger partial charge in [0.25, 0.3) is 0 Å². The summed E-state index contributed by atoms with van der Waals surface area (Å²) in [6, 6.07) is 5.85. The largest absolute Gasteiger partial charge is 0.495 e. The molecule has 1 aromatic rings. The van der Waals surface area contributed by atoms with Gasteiger partial charge in [-0.15, -0.1) is 0 Å². The van der Waals surface area contributed by atoms with Crippen LogP contribution in [0.5, 0.6) is 5.75 Å². The molecule has 0 bridgehead atoms. The summed E-state index contributed by atoms with van der Waals surface area (Å²) in [7, 11) is 1.58. The van der Waals surface area contributed by atoms with Gasteiger partial charge in [-0.2, -0.15) is 0 Å². The van der Waals surface area contributed by atoms with E-state index < -0.39 is 0 Å². The van der Waals surface area contributed by atoms with E-state index in [2.05, 4.69) is 26.7 Å². The minimum atomic E-state index is 0.111. The number of nitrogens with zero attached hydrogens (tertiary/aromatic N) is 5.